The second-order valence-corrected chi connectivity index (χ2v) is 4.14. The van der Waals surface area contributed by atoms with E-state index in [2.05, 4.69) is 14.2 Å². The van der Waals surface area contributed by atoms with Crippen molar-refractivity contribution in [3.8, 4) is 0 Å². The number of carbonyl (C=O) groups excluding carboxylic acids is 1. The fourth-order valence-electron chi connectivity index (χ4n) is 1.17. The van der Waals surface area contributed by atoms with E-state index in [9.17, 15) is 31.1 Å². The van der Waals surface area contributed by atoms with Gasteiger partial charge in [-0.25, -0.2) is 4.79 Å². The van der Waals surface area contributed by atoms with Gasteiger partial charge in [0.05, 0.1) is 13.2 Å². The molecule has 1 aliphatic rings. The molecule has 4 nitrogen and oxygen atoms in total. The Morgan fingerprint density at radius 2 is 1.74 bits per heavy atom. The normalized spacial score (nSPS) is 21.2. The number of hydrogen-bond donors (Lipinski definition) is 0. The molecule has 1 aliphatic heterocycles. The van der Waals surface area contributed by atoms with E-state index in [0.29, 0.717) is 0 Å². The first-order valence-corrected chi connectivity index (χ1v) is 5.02. The van der Waals surface area contributed by atoms with Gasteiger partial charge in [-0.3, -0.25) is 0 Å². The van der Waals surface area contributed by atoms with Gasteiger partial charge in [-0.15, -0.1) is 0 Å². The molecule has 0 aliphatic carbocycles. The van der Waals surface area contributed by atoms with Crippen LogP contribution in [0.15, 0.2) is 0 Å². The zero-order valence-corrected chi connectivity index (χ0v) is 9.60. The summed E-state index contributed by atoms with van der Waals surface area (Å²) in [7, 11) is 0. The van der Waals surface area contributed by atoms with Crippen molar-refractivity contribution in [2.24, 2.45) is 5.41 Å². The lowest BCUT2D eigenvalue weighted by atomic mass is 9.90. The average Bonchev–Trinajstić information content (AvgIpc) is 2.60. The van der Waals surface area contributed by atoms with Crippen molar-refractivity contribution in [1.82, 2.24) is 0 Å². The molecule has 1 saturated heterocycles. The van der Waals surface area contributed by atoms with Crippen LogP contribution in [0, 0.1) is 5.41 Å². The van der Waals surface area contributed by atoms with Gasteiger partial charge in [0.2, 0.25) is 0 Å². The third-order valence-corrected chi connectivity index (χ3v) is 2.60. The summed E-state index contributed by atoms with van der Waals surface area (Å²) in [5.41, 5.74) is -3.98. The number of carbonyl (C=O) groups is 1. The van der Waals surface area contributed by atoms with Gasteiger partial charge in [0.15, 0.2) is 11.5 Å². The lowest BCUT2D eigenvalue weighted by Gasteiger charge is -2.33. The summed E-state index contributed by atoms with van der Waals surface area (Å²) in [5, 5.41) is 0. The maximum absolute atomic E-state index is 12.5. The van der Waals surface area contributed by atoms with Crippen molar-refractivity contribution < 1.29 is 45.3 Å². The van der Waals surface area contributed by atoms with E-state index >= 15 is 0 Å². The Morgan fingerprint density at radius 1 is 1.21 bits per heavy atom. The minimum Gasteiger partial charge on any atom is -0.430 e. The predicted molar refractivity (Wildman–Crippen MR) is 47.3 cm³/mol. The van der Waals surface area contributed by atoms with Crippen LogP contribution in [0.4, 0.5) is 31.1 Å². The van der Waals surface area contributed by atoms with Gasteiger partial charge >= 0.3 is 18.5 Å². The molecular weight excluding hydrogens is 286 g/mol. The largest absolute Gasteiger partial charge is 0.508 e. The highest BCUT2D eigenvalue weighted by Gasteiger charge is 2.67. The molecule has 19 heavy (non-hydrogen) atoms. The second kappa shape index (κ2) is 5.06. The van der Waals surface area contributed by atoms with Gasteiger partial charge in [-0.1, -0.05) is 0 Å². The van der Waals surface area contributed by atoms with Gasteiger partial charge in [-0.05, 0) is 6.92 Å². The summed E-state index contributed by atoms with van der Waals surface area (Å²) in [6, 6.07) is 0. The molecule has 112 valence electrons. The summed E-state index contributed by atoms with van der Waals surface area (Å²) in [5.74, 6) is 0. The summed E-state index contributed by atoms with van der Waals surface area (Å²) < 4.78 is 87.8. The van der Waals surface area contributed by atoms with E-state index in [0.717, 1.165) is 0 Å². The molecule has 0 saturated carbocycles. The van der Waals surface area contributed by atoms with Crippen molar-refractivity contribution in [3.05, 3.63) is 0 Å². The zero-order chi connectivity index (χ0) is 14.9. The first-order valence-electron chi connectivity index (χ1n) is 5.02. The number of alkyl halides is 6. The Bertz CT molecular complexity index is 323. The highest BCUT2D eigenvalue weighted by Crippen LogP contribution is 2.50. The van der Waals surface area contributed by atoms with Crippen molar-refractivity contribution in [1.29, 1.82) is 0 Å². The molecule has 0 amide bonds. The summed E-state index contributed by atoms with van der Waals surface area (Å²) >= 11 is 0. The van der Waals surface area contributed by atoms with Gasteiger partial charge in [0.25, 0.3) is 0 Å². The monoisotopic (exact) mass is 296 g/mol. The molecular formula is C9H10F6O4. The van der Waals surface area contributed by atoms with Crippen LogP contribution < -0.4 is 0 Å². The van der Waals surface area contributed by atoms with Crippen molar-refractivity contribution in [2.45, 2.75) is 25.4 Å². The number of rotatable bonds is 4. The van der Waals surface area contributed by atoms with E-state index in [-0.39, 0.29) is 13.5 Å². The summed E-state index contributed by atoms with van der Waals surface area (Å²) in [4.78, 5) is 10.5. The standard InChI is InChI=1S/C9H10F6O4/c1-7(8(10,11)12,9(13,14)15)4-17-2-5-3-18-6(16)19-5/h5H,2-4H2,1H3. The topological polar surface area (TPSA) is 44.8 Å². The maximum Gasteiger partial charge on any atom is 0.508 e. The second-order valence-electron chi connectivity index (χ2n) is 4.14. The molecule has 1 atom stereocenters. The Morgan fingerprint density at radius 3 is 2.11 bits per heavy atom. The van der Waals surface area contributed by atoms with Crippen LogP contribution in [0.25, 0.3) is 0 Å². The highest BCUT2D eigenvalue weighted by molar-refractivity contribution is 5.61. The highest BCUT2D eigenvalue weighted by atomic mass is 19.4. The van der Waals surface area contributed by atoms with Crippen LogP contribution in [0.5, 0.6) is 0 Å². The quantitative estimate of drug-likeness (QED) is 0.591. The molecule has 1 heterocycles. The molecule has 0 spiro atoms. The summed E-state index contributed by atoms with van der Waals surface area (Å²) in [6.07, 6.45) is -13.1. The molecule has 0 aromatic heterocycles. The number of halogens is 6. The van der Waals surface area contributed by atoms with Gasteiger partial charge in [0.1, 0.15) is 6.61 Å². The van der Waals surface area contributed by atoms with E-state index in [1.54, 1.807) is 0 Å². The minimum atomic E-state index is -5.51. The van der Waals surface area contributed by atoms with Crippen molar-refractivity contribution in [2.75, 3.05) is 19.8 Å². The lowest BCUT2D eigenvalue weighted by molar-refractivity contribution is -0.346. The van der Waals surface area contributed by atoms with E-state index in [4.69, 9.17) is 0 Å². The molecule has 1 unspecified atom stereocenters. The van der Waals surface area contributed by atoms with Crippen LogP contribution in [0.2, 0.25) is 0 Å². The summed E-state index contributed by atoms with van der Waals surface area (Å²) in [6.45, 7) is -2.49. The molecule has 1 fully saturated rings. The maximum atomic E-state index is 12.5. The van der Waals surface area contributed by atoms with E-state index in [1.165, 1.54) is 0 Å². The van der Waals surface area contributed by atoms with Crippen molar-refractivity contribution in [3.63, 3.8) is 0 Å². The van der Waals surface area contributed by atoms with Gasteiger partial charge < -0.3 is 14.2 Å². The van der Waals surface area contributed by atoms with Crippen LogP contribution in [-0.2, 0) is 14.2 Å². The Kier molecular flexibility index (Phi) is 4.23. The van der Waals surface area contributed by atoms with Crippen LogP contribution >= 0.6 is 0 Å². The fourth-order valence-corrected chi connectivity index (χ4v) is 1.17. The Balaban J connectivity index is 2.58. The molecule has 0 radical (unpaired) electrons. The van der Waals surface area contributed by atoms with Crippen LogP contribution in [0.1, 0.15) is 6.92 Å². The van der Waals surface area contributed by atoms with Crippen molar-refractivity contribution >= 4 is 6.16 Å². The Hall–Kier alpha value is -1.19. The molecule has 0 aromatic rings. The van der Waals surface area contributed by atoms with Crippen LogP contribution in [0.3, 0.4) is 0 Å². The molecule has 0 aromatic carbocycles. The first-order chi connectivity index (χ1) is 8.47. The fraction of sp³-hybridized carbons (Fsp3) is 0.889. The lowest BCUT2D eigenvalue weighted by Crippen LogP contribution is -2.51. The molecule has 1 rings (SSSR count). The van der Waals surface area contributed by atoms with E-state index < -0.39 is 43.2 Å². The van der Waals surface area contributed by atoms with Gasteiger partial charge in [-0.2, -0.15) is 26.3 Å². The van der Waals surface area contributed by atoms with E-state index in [1.807, 2.05) is 0 Å². The number of ether oxygens (including phenoxy) is 3. The third-order valence-electron chi connectivity index (χ3n) is 2.60. The average molecular weight is 296 g/mol. The predicted octanol–water partition coefficient (Wildman–Crippen LogP) is 2.67. The number of cyclic esters (lactones) is 2. The van der Waals surface area contributed by atoms with Crippen LogP contribution in [-0.4, -0.2) is 44.4 Å². The first kappa shape index (κ1) is 15.9. The molecule has 10 heteroatoms. The minimum absolute atomic E-state index is 0.00413. The van der Waals surface area contributed by atoms with Gasteiger partial charge in [0, 0.05) is 0 Å². The Labute approximate surface area is 103 Å². The third kappa shape index (κ3) is 3.43. The SMILES string of the molecule is CC(COCC1COC(=O)O1)(C(F)(F)F)C(F)(F)F. The smallest absolute Gasteiger partial charge is 0.430 e. The zero-order valence-electron chi connectivity index (χ0n) is 9.60. The molecule has 0 N–H and O–H groups in total. The molecule has 0 bridgehead atoms. The number of hydrogen-bond acceptors (Lipinski definition) is 4.